The Bertz CT molecular complexity index is 491. The van der Waals surface area contributed by atoms with Crippen LogP contribution >= 0.6 is 12.2 Å². The number of thiocarbonyl (C=S) groups is 1. The van der Waals surface area contributed by atoms with Crippen molar-refractivity contribution in [3.05, 3.63) is 35.9 Å². The molecule has 3 N–H and O–H groups in total. The van der Waals surface area contributed by atoms with E-state index >= 15 is 0 Å². The van der Waals surface area contributed by atoms with Crippen molar-refractivity contribution in [2.24, 2.45) is 5.73 Å². The smallest absolute Gasteiger partial charge is 0.234 e. The van der Waals surface area contributed by atoms with E-state index in [1.54, 1.807) is 6.26 Å². The van der Waals surface area contributed by atoms with Gasteiger partial charge in [-0.1, -0.05) is 42.5 Å². The van der Waals surface area contributed by atoms with Crippen molar-refractivity contribution in [2.75, 3.05) is 12.0 Å². The first-order valence-corrected chi connectivity index (χ1v) is 8.50. The molecule has 0 heterocycles. The topological polar surface area (TPSA) is 72.2 Å². The van der Waals surface area contributed by atoms with Gasteiger partial charge in [0.25, 0.3) is 0 Å². The van der Waals surface area contributed by atoms with Gasteiger partial charge < -0.3 is 11.1 Å². The summed E-state index contributed by atoms with van der Waals surface area (Å²) >= 11 is 5.00. The second-order valence-electron chi connectivity index (χ2n) is 4.72. The Morgan fingerprint density at radius 3 is 2.50 bits per heavy atom. The lowest BCUT2D eigenvalue weighted by Crippen LogP contribution is -2.41. The largest absolute Gasteiger partial charge is 0.392 e. The van der Waals surface area contributed by atoms with Crippen molar-refractivity contribution in [1.82, 2.24) is 5.32 Å². The van der Waals surface area contributed by atoms with Gasteiger partial charge in [0.1, 0.15) is 5.92 Å². The van der Waals surface area contributed by atoms with Crippen LogP contribution < -0.4 is 11.1 Å². The van der Waals surface area contributed by atoms with Crippen LogP contribution in [0.15, 0.2) is 30.3 Å². The summed E-state index contributed by atoms with van der Waals surface area (Å²) in [5.41, 5.74) is 6.47. The molecule has 0 fully saturated rings. The molecular formula is C14H20N2O2S2. The van der Waals surface area contributed by atoms with Crippen molar-refractivity contribution in [3.63, 3.8) is 0 Å². The monoisotopic (exact) mass is 312 g/mol. The lowest BCUT2D eigenvalue weighted by molar-refractivity contribution is -0.121. The Morgan fingerprint density at radius 2 is 2.00 bits per heavy atom. The normalized spacial score (nSPS) is 15.1. The fourth-order valence-electron chi connectivity index (χ4n) is 1.83. The Morgan fingerprint density at radius 1 is 1.40 bits per heavy atom. The standard InChI is InChI=1S/C14H20N2O2S2/c1-10(8-9-20(2)18)16-14(17)12(13(15)19)11-6-4-3-5-7-11/h3-7,10,12H,8-9H2,1-2H3,(H2,15,19)(H,16,17). The molecule has 1 aromatic rings. The number of carbonyl (C=O) groups is 1. The molecule has 1 rings (SSSR count). The summed E-state index contributed by atoms with van der Waals surface area (Å²) in [6.07, 6.45) is 2.31. The van der Waals surface area contributed by atoms with Gasteiger partial charge in [-0.3, -0.25) is 9.00 Å². The number of hydrogen-bond donors (Lipinski definition) is 2. The Labute approximate surface area is 127 Å². The molecule has 0 bridgehead atoms. The lowest BCUT2D eigenvalue weighted by atomic mass is 9.98. The first kappa shape index (κ1) is 16.8. The SMILES string of the molecule is CC(CCS(C)=O)NC(=O)C(C(N)=S)c1ccccc1. The zero-order chi connectivity index (χ0) is 15.1. The molecule has 3 unspecified atom stereocenters. The molecule has 0 radical (unpaired) electrons. The number of amides is 1. The van der Waals surface area contributed by atoms with Gasteiger partial charge in [0.05, 0.1) is 4.99 Å². The molecule has 0 aliphatic heterocycles. The zero-order valence-corrected chi connectivity index (χ0v) is 13.3. The second-order valence-corrected chi connectivity index (χ2v) is 6.75. The molecule has 3 atom stereocenters. The quantitative estimate of drug-likeness (QED) is 0.745. The summed E-state index contributed by atoms with van der Waals surface area (Å²) in [4.78, 5) is 12.4. The first-order chi connectivity index (χ1) is 9.41. The van der Waals surface area contributed by atoms with E-state index in [9.17, 15) is 9.00 Å². The van der Waals surface area contributed by atoms with Crippen molar-refractivity contribution >= 4 is 33.9 Å². The van der Waals surface area contributed by atoms with Crippen LogP contribution in [0.2, 0.25) is 0 Å². The maximum atomic E-state index is 12.3. The summed E-state index contributed by atoms with van der Waals surface area (Å²) in [6.45, 7) is 1.88. The van der Waals surface area contributed by atoms with E-state index in [2.05, 4.69) is 5.32 Å². The van der Waals surface area contributed by atoms with Gasteiger partial charge in [-0.15, -0.1) is 0 Å². The predicted octanol–water partition coefficient (Wildman–Crippen LogP) is 1.33. The van der Waals surface area contributed by atoms with E-state index < -0.39 is 16.7 Å². The summed E-state index contributed by atoms with van der Waals surface area (Å²) in [7, 11) is -0.858. The predicted molar refractivity (Wildman–Crippen MR) is 87.1 cm³/mol. The molecule has 0 aliphatic rings. The van der Waals surface area contributed by atoms with Crippen molar-refractivity contribution in [2.45, 2.75) is 25.3 Å². The number of hydrogen-bond acceptors (Lipinski definition) is 3. The van der Waals surface area contributed by atoms with Gasteiger partial charge in [-0.05, 0) is 18.9 Å². The van der Waals surface area contributed by atoms with Crippen molar-refractivity contribution < 1.29 is 9.00 Å². The molecule has 4 nitrogen and oxygen atoms in total. The second kappa shape index (κ2) is 8.11. The Hall–Kier alpha value is -1.27. The van der Waals surface area contributed by atoms with E-state index in [1.165, 1.54) is 0 Å². The molecule has 20 heavy (non-hydrogen) atoms. The number of benzene rings is 1. The highest BCUT2D eigenvalue weighted by Gasteiger charge is 2.24. The zero-order valence-electron chi connectivity index (χ0n) is 11.7. The minimum atomic E-state index is -0.858. The third-order valence-electron chi connectivity index (χ3n) is 2.91. The van der Waals surface area contributed by atoms with Crippen LogP contribution in [0.5, 0.6) is 0 Å². The maximum Gasteiger partial charge on any atom is 0.234 e. The fraction of sp³-hybridized carbons (Fsp3) is 0.429. The number of carbonyl (C=O) groups excluding carboxylic acids is 1. The van der Waals surface area contributed by atoms with Crippen LogP contribution in [-0.4, -0.2) is 33.2 Å². The van der Waals surface area contributed by atoms with Gasteiger partial charge in [-0.25, -0.2) is 0 Å². The molecular weight excluding hydrogens is 292 g/mol. The van der Waals surface area contributed by atoms with Gasteiger partial charge in [0.15, 0.2) is 0 Å². The van der Waals surface area contributed by atoms with E-state index in [1.807, 2.05) is 37.3 Å². The van der Waals surface area contributed by atoms with Crippen LogP contribution in [0.4, 0.5) is 0 Å². The summed E-state index contributed by atoms with van der Waals surface area (Å²) in [5.74, 6) is -0.274. The van der Waals surface area contributed by atoms with Crippen LogP contribution in [0, 0.1) is 0 Å². The highest BCUT2D eigenvalue weighted by atomic mass is 32.2. The summed E-state index contributed by atoms with van der Waals surface area (Å²) < 4.78 is 11.1. The minimum absolute atomic E-state index is 0.0630. The van der Waals surface area contributed by atoms with Gasteiger partial charge in [0.2, 0.25) is 5.91 Å². The fourth-order valence-corrected chi connectivity index (χ4v) is 2.76. The molecule has 0 spiro atoms. The highest BCUT2D eigenvalue weighted by Crippen LogP contribution is 2.16. The van der Waals surface area contributed by atoms with Gasteiger partial charge >= 0.3 is 0 Å². The molecule has 1 amide bonds. The third kappa shape index (κ3) is 5.38. The molecule has 1 aromatic carbocycles. The van der Waals surface area contributed by atoms with Crippen LogP contribution in [0.3, 0.4) is 0 Å². The number of nitrogens with one attached hydrogen (secondary N) is 1. The minimum Gasteiger partial charge on any atom is -0.392 e. The molecule has 6 heteroatoms. The van der Waals surface area contributed by atoms with E-state index in [0.29, 0.717) is 12.2 Å². The Balaban J connectivity index is 2.71. The average Bonchev–Trinajstić information content (AvgIpc) is 2.37. The molecule has 0 saturated heterocycles. The average molecular weight is 312 g/mol. The summed E-state index contributed by atoms with van der Waals surface area (Å²) in [5, 5.41) is 2.87. The van der Waals surface area contributed by atoms with Crippen LogP contribution in [0.25, 0.3) is 0 Å². The maximum absolute atomic E-state index is 12.3. The summed E-state index contributed by atoms with van der Waals surface area (Å²) in [6, 6.07) is 9.16. The first-order valence-electron chi connectivity index (χ1n) is 6.36. The van der Waals surface area contributed by atoms with E-state index in [-0.39, 0.29) is 16.9 Å². The number of nitrogens with two attached hydrogens (primary N) is 1. The van der Waals surface area contributed by atoms with E-state index in [4.69, 9.17) is 18.0 Å². The molecule has 0 aliphatic carbocycles. The van der Waals surface area contributed by atoms with Crippen molar-refractivity contribution in [3.8, 4) is 0 Å². The highest BCUT2D eigenvalue weighted by molar-refractivity contribution is 7.84. The lowest BCUT2D eigenvalue weighted by Gasteiger charge is -2.19. The number of rotatable bonds is 7. The van der Waals surface area contributed by atoms with Crippen LogP contribution in [-0.2, 0) is 15.6 Å². The van der Waals surface area contributed by atoms with E-state index in [0.717, 1.165) is 5.56 Å². The van der Waals surface area contributed by atoms with Crippen LogP contribution in [0.1, 0.15) is 24.8 Å². The Kier molecular flexibility index (Phi) is 6.81. The molecule has 0 aromatic heterocycles. The van der Waals surface area contributed by atoms with Gasteiger partial charge in [-0.2, -0.15) is 0 Å². The van der Waals surface area contributed by atoms with Gasteiger partial charge in [0, 0.05) is 28.9 Å². The third-order valence-corrected chi connectivity index (χ3v) is 3.95. The molecule has 0 saturated carbocycles. The van der Waals surface area contributed by atoms with Crippen molar-refractivity contribution in [1.29, 1.82) is 0 Å². The molecule has 110 valence electrons.